The molecule has 0 saturated heterocycles. The number of benzene rings is 1. The zero-order valence-corrected chi connectivity index (χ0v) is 13.3. The zero-order valence-electron chi connectivity index (χ0n) is 12.4. The average molecular weight is 314 g/mol. The molecular weight excluding hydrogens is 292 g/mol. The Bertz CT molecular complexity index is 599. The van der Waals surface area contributed by atoms with E-state index in [9.17, 15) is 13.2 Å². The zero-order chi connectivity index (χ0) is 16.0. The Morgan fingerprint density at radius 1 is 1.33 bits per heavy atom. The maximum Gasteiger partial charge on any atom is 0.240 e. The minimum Gasteiger partial charge on any atom is -0.397 e. The second kappa shape index (κ2) is 7.28. The van der Waals surface area contributed by atoms with Gasteiger partial charge < -0.3 is 16.4 Å². The van der Waals surface area contributed by atoms with E-state index in [1.807, 2.05) is 13.8 Å². The monoisotopic (exact) mass is 314 g/mol. The number of anilines is 2. The summed E-state index contributed by atoms with van der Waals surface area (Å²) in [6.07, 6.45) is 0. The second-order valence-corrected chi connectivity index (χ2v) is 6.59. The molecule has 1 aromatic carbocycles. The highest BCUT2D eigenvalue weighted by Gasteiger charge is 2.14. The number of carbonyl (C=O) groups excluding carboxylic acids is 1. The average Bonchev–Trinajstić information content (AvgIpc) is 2.36. The molecule has 5 N–H and O–H groups in total. The van der Waals surface area contributed by atoms with Gasteiger partial charge in [-0.15, -0.1) is 0 Å². The van der Waals surface area contributed by atoms with Gasteiger partial charge in [0.05, 0.1) is 22.8 Å². The van der Waals surface area contributed by atoms with Crippen molar-refractivity contribution in [2.45, 2.75) is 31.7 Å². The van der Waals surface area contributed by atoms with Crippen LogP contribution in [0, 0.1) is 0 Å². The number of sulfonamides is 1. The van der Waals surface area contributed by atoms with E-state index < -0.39 is 10.0 Å². The minimum absolute atomic E-state index is 0.0209. The van der Waals surface area contributed by atoms with E-state index >= 15 is 0 Å². The number of nitrogens with two attached hydrogens (primary N) is 1. The third-order valence-corrected chi connectivity index (χ3v) is 4.10. The number of amides is 1. The molecule has 1 rings (SSSR count). The van der Waals surface area contributed by atoms with Crippen LogP contribution in [0.4, 0.5) is 11.4 Å². The van der Waals surface area contributed by atoms with Crippen LogP contribution >= 0.6 is 0 Å². The SMILES string of the molecule is CCNS(=O)(=O)c1ccc(N)c(NCC(=O)NC(C)C)c1. The Kier molecular flexibility index (Phi) is 5.98. The van der Waals surface area contributed by atoms with Gasteiger partial charge in [0.2, 0.25) is 15.9 Å². The smallest absolute Gasteiger partial charge is 0.240 e. The summed E-state index contributed by atoms with van der Waals surface area (Å²) < 4.78 is 26.2. The first-order valence-electron chi connectivity index (χ1n) is 6.68. The van der Waals surface area contributed by atoms with E-state index in [1.54, 1.807) is 6.92 Å². The van der Waals surface area contributed by atoms with Crippen LogP contribution in [0.5, 0.6) is 0 Å². The fourth-order valence-corrected chi connectivity index (χ4v) is 2.74. The Hall–Kier alpha value is -1.80. The number of carbonyl (C=O) groups is 1. The van der Waals surface area contributed by atoms with Crippen molar-refractivity contribution in [1.29, 1.82) is 0 Å². The van der Waals surface area contributed by atoms with Gasteiger partial charge in [-0.05, 0) is 32.0 Å². The van der Waals surface area contributed by atoms with Crippen molar-refractivity contribution < 1.29 is 13.2 Å². The Balaban J connectivity index is 2.86. The molecule has 0 bridgehead atoms. The lowest BCUT2D eigenvalue weighted by Crippen LogP contribution is -2.35. The van der Waals surface area contributed by atoms with Gasteiger partial charge in [-0.1, -0.05) is 6.92 Å². The molecule has 0 spiro atoms. The molecule has 0 aliphatic carbocycles. The number of hydrogen-bond donors (Lipinski definition) is 4. The number of hydrogen-bond acceptors (Lipinski definition) is 5. The molecule has 0 aliphatic rings. The fourth-order valence-electron chi connectivity index (χ4n) is 1.68. The number of rotatable bonds is 7. The van der Waals surface area contributed by atoms with Crippen molar-refractivity contribution in [1.82, 2.24) is 10.0 Å². The van der Waals surface area contributed by atoms with Gasteiger partial charge in [-0.25, -0.2) is 13.1 Å². The molecule has 0 heterocycles. The summed E-state index contributed by atoms with van der Waals surface area (Å²) in [5.74, 6) is -0.190. The summed E-state index contributed by atoms with van der Waals surface area (Å²) in [6.45, 7) is 5.73. The van der Waals surface area contributed by atoms with Crippen molar-refractivity contribution in [3.8, 4) is 0 Å². The summed E-state index contributed by atoms with van der Waals surface area (Å²) in [5, 5.41) is 5.57. The van der Waals surface area contributed by atoms with E-state index in [1.165, 1.54) is 18.2 Å². The number of nitrogens with one attached hydrogen (secondary N) is 3. The summed E-state index contributed by atoms with van der Waals surface area (Å²) in [7, 11) is -3.55. The fraction of sp³-hybridized carbons (Fsp3) is 0.462. The molecule has 1 aromatic rings. The summed E-state index contributed by atoms with van der Waals surface area (Å²) in [5.41, 5.74) is 6.57. The van der Waals surface area contributed by atoms with Crippen molar-refractivity contribution >= 4 is 27.3 Å². The predicted molar refractivity (Wildman–Crippen MR) is 83.5 cm³/mol. The lowest BCUT2D eigenvalue weighted by atomic mass is 10.2. The first-order chi connectivity index (χ1) is 9.76. The maximum atomic E-state index is 11.9. The van der Waals surface area contributed by atoms with Gasteiger partial charge >= 0.3 is 0 Å². The van der Waals surface area contributed by atoms with Crippen LogP contribution in [-0.4, -0.2) is 33.5 Å². The quantitative estimate of drug-likeness (QED) is 0.547. The molecule has 0 atom stereocenters. The van der Waals surface area contributed by atoms with Gasteiger partial charge in [0, 0.05) is 12.6 Å². The molecule has 0 aromatic heterocycles. The topological polar surface area (TPSA) is 113 Å². The molecule has 0 unspecified atom stereocenters. The van der Waals surface area contributed by atoms with Gasteiger partial charge in [0.25, 0.3) is 0 Å². The molecule has 0 fully saturated rings. The van der Waals surface area contributed by atoms with Crippen molar-refractivity contribution in [2.24, 2.45) is 0 Å². The summed E-state index contributed by atoms with van der Waals surface area (Å²) >= 11 is 0. The van der Waals surface area contributed by atoms with Gasteiger partial charge in [-0.3, -0.25) is 4.79 Å². The van der Waals surface area contributed by atoms with Crippen LogP contribution in [-0.2, 0) is 14.8 Å². The standard InChI is InChI=1S/C13H22N4O3S/c1-4-16-21(19,20)10-5-6-11(14)12(7-10)15-8-13(18)17-9(2)3/h5-7,9,15-16H,4,8,14H2,1-3H3,(H,17,18). The van der Waals surface area contributed by atoms with Crippen molar-refractivity contribution in [2.75, 3.05) is 24.1 Å². The van der Waals surface area contributed by atoms with Crippen LogP contribution < -0.4 is 21.1 Å². The third-order valence-electron chi connectivity index (χ3n) is 2.56. The third kappa shape index (κ3) is 5.24. The predicted octanol–water partition coefficient (Wildman–Crippen LogP) is 0.503. The van der Waals surface area contributed by atoms with E-state index in [-0.39, 0.29) is 23.4 Å². The highest BCUT2D eigenvalue weighted by Crippen LogP contribution is 2.22. The molecule has 21 heavy (non-hydrogen) atoms. The normalized spacial score (nSPS) is 11.4. The van der Waals surface area contributed by atoms with Crippen LogP contribution in [0.15, 0.2) is 23.1 Å². The van der Waals surface area contributed by atoms with Crippen LogP contribution in [0.2, 0.25) is 0 Å². The lowest BCUT2D eigenvalue weighted by molar-refractivity contribution is -0.119. The molecule has 8 heteroatoms. The first kappa shape index (κ1) is 17.3. The largest absolute Gasteiger partial charge is 0.397 e. The molecule has 0 radical (unpaired) electrons. The van der Waals surface area contributed by atoms with Crippen molar-refractivity contribution in [3.63, 3.8) is 0 Å². The Morgan fingerprint density at radius 3 is 2.57 bits per heavy atom. The molecule has 1 amide bonds. The molecule has 7 nitrogen and oxygen atoms in total. The Morgan fingerprint density at radius 2 is 2.00 bits per heavy atom. The van der Waals surface area contributed by atoms with Gasteiger partial charge in [0.1, 0.15) is 0 Å². The molecular formula is C13H22N4O3S. The van der Waals surface area contributed by atoms with Crippen molar-refractivity contribution in [3.05, 3.63) is 18.2 Å². The van der Waals surface area contributed by atoms with Crippen LogP contribution in [0.25, 0.3) is 0 Å². The highest BCUT2D eigenvalue weighted by molar-refractivity contribution is 7.89. The molecule has 0 aliphatic heterocycles. The van der Waals surface area contributed by atoms with E-state index in [0.29, 0.717) is 17.9 Å². The molecule has 0 saturated carbocycles. The van der Waals surface area contributed by atoms with E-state index in [0.717, 1.165) is 0 Å². The minimum atomic E-state index is -3.55. The number of nitrogen functional groups attached to an aromatic ring is 1. The van der Waals surface area contributed by atoms with Crippen LogP contribution in [0.1, 0.15) is 20.8 Å². The van der Waals surface area contributed by atoms with Crippen LogP contribution in [0.3, 0.4) is 0 Å². The van der Waals surface area contributed by atoms with E-state index in [2.05, 4.69) is 15.4 Å². The van der Waals surface area contributed by atoms with Gasteiger partial charge in [0.15, 0.2) is 0 Å². The van der Waals surface area contributed by atoms with Gasteiger partial charge in [-0.2, -0.15) is 0 Å². The summed E-state index contributed by atoms with van der Waals surface area (Å²) in [4.78, 5) is 11.7. The second-order valence-electron chi connectivity index (χ2n) is 4.83. The summed E-state index contributed by atoms with van der Waals surface area (Å²) in [6, 6.07) is 4.37. The first-order valence-corrected chi connectivity index (χ1v) is 8.17. The lowest BCUT2D eigenvalue weighted by Gasteiger charge is -2.13. The molecule has 118 valence electrons. The maximum absolute atomic E-state index is 11.9. The highest BCUT2D eigenvalue weighted by atomic mass is 32.2. The Labute approximate surface area is 125 Å². The van der Waals surface area contributed by atoms with E-state index in [4.69, 9.17) is 5.73 Å².